The van der Waals surface area contributed by atoms with Crippen molar-refractivity contribution >= 4 is 12.3 Å². The van der Waals surface area contributed by atoms with Crippen LogP contribution in [0.1, 0.15) is 24.8 Å². The number of hydrogen-bond acceptors (Lipinski definition) is 3. The van der Waals surface area contributed by atoms with Gasteiger partial charge in [-0.2, -0.15) is 0 Å². The van der Waals surface area contributed by atoms with Gasteiger partial charge in [0.15, 0.2) is 0 Å². The smallest absolute Gasteiger partial charge is 0.245 e. The van der Waals surface area contributed by atoms with E-state index in [0.717, 1.165) is 37.1 Å². The van der Waals surface area contributed by atoms with Crippen molar-refractivity contribution < 1.29 is 14.3 Å². The fourth-order valence-corrected chi connectivity index (χ4v) is 2.45. The molecule has 1 aliphatic heterocycles. The Balaban J connectivity index is 2.05. The molecule has 1 N–H and O–H groups in total. The number of benzene rings is 1. The molecule has 0 aromatic heterocycles. The van der Waals surface area contributed by atoms with E-state index in [1.807, 2.05) is 29.2 Å². The van der Waals surface area contributed by atoms with E-state index in [-0.39, 0.29) is 11.9 Å². The maximum atomic E-state index is 12.3. The molecule has 1 aromatic carbocycles. The molecule has 1 atom stereocenters. The summed E-state index contributed by atoms with van der Waals surface area (Å²) >= 11 is 0. The van der Waals surface area contributed by atoms with Crippen molar-refractivity contribution in [2.75, 3.05) is 13.7 Å². The minimum Gasteiger partial charge on any atom is -0.497 e. The van der Waals surface area contributed by atoms with Crippen molar-refractivity contribution in [2.45, 2.75) is 31.8 Å². The Morgan fingerprint density at radius 3 is 2.75 bits per heavy atom. The van der Waals surface area contributed by atoms with Crippen LogP contribution in [0.25, 0.3) is 0 Å². The molecule has 20 heavy (non-hydrogen) atoms. The van der Waals surface area contributed by atoms with Crippen molar-refractivity contribution in [2.24, 2.45) is 0 Å². The van der Waals surface area contributed by atoms with Crippen LogP contribution in [-0.2, 0) is 16.1 Å². The molecule has 2 amide bonds. The standard InChI is InChI=1S/C15H20N2O3/c1-20-13-7-5-12(6-8-13)10-17-9-3-2-4-14(15(17)19)16-11-18/h5-8,11,14H,2-4,9-10H2,1H3,(H,16,18)/t14-/m0/s1. The molecule has 1 heterocycles. The summed E-state index contributed by atoms with van der Waals surface area (Å²) in [6.07, 6.45) is 3.26. The van der Waals surface area contributed by atoms with Gasteiger partial charge in [-0.25, -0.2) is 0 Å². The first kappa shape index (κ1) is 14.4. The molecular weight excluding hydrogens is 256 g/mol. The molecule has 108 valence electrons. The topological polar surface area (TPSA) is 58.6 Å². The number of carbonyl (C=O) groups is 2. The summed E-state index contributed by atoms with van der Waals surface area (Å²) in [5, 5.41) is 2.62. The number of carbonyl (C=O) groups excluding carboxylic acids is 2. The van der Waals surface area contributed by atoms with Gasteiger partial charge in [-0.3, -0.25) is 9.59 Å². The summed E-state index contributed by atoms with van der Waals surface area (Å²) in [5.41, 5.74) is 1.06. The highest BCUT2D eigenvalue weighted by atomic mass is 16.5. The summed E-state index contributed by atoms with van der Waals surface area (Å²) in [4.78, 5) is 24.7. The first-order valence-electron chi connectivity index (χ1n) is 6.86. The molecule has 1 saturated heterocycles. The van der Waals surface area contributed by atoms with E-state index >= 15 is 0 Å². The maximum Gasteiger partial charge on any atom is 0.245 e. The van der Waals surface area contributed by atoms with Crippen molar-refractivity contribution in [1.29, 1.82) is 0 Å². The summed E-state index contributed by atoms with van der Waals surface area (Å²) in [6, 6.07) is 7.31. The van der Waals surface area contributed by atoms with Crippen molar-refractivity contribution in [1.82, 2.24) is 10.2 Å². The average Bonchev–Trinajstić information content (AvgIpc) is 2.64. The van der Waals surface area contributed by atoms with E-state index in [2.05, 4.69) is 5.32 Å². The SMILES string of the molecule is COc1ccc(CN2CCCC[C@H](NC=O)C2=O)cc1. The van der Waals surface area contributed by atoms with Crippen LogP contribution in [-0.4, -0.2) is 36.9 Å². The second-order valence-corrected chi connectivity index (χ2v) is 4.94. The van der Waals surface area contributed by atoms with Gasteiger partial charge in [0.1, 0.15) is 11.8 Å². The molecule has 5 nitrogen and oxygen atoms in total. The Bertz CT molecular complexity index is 459. The number of rotatable bonds is 5. The summed E-state index contributed by atoms with van der Waals surface area (Å²) in [6.45, 7) is 1.31. The first-order chi connectivity index (χ1) is 9.74. The van der Waals surface area contributed by atoms with Gasteiger partial charge in [0.05, 0.1) is 7.11 Å². The maximum absolute atomic E-state index is 12.3. The second kappa shape index (κ2) is 6.93. The van der Waals surface area contributed by atoms with Crippen LogP contribution in [0, 0.1) is 0 Å². The lowest BCUT2D eigenvalue weighted by atomic mass is 10.1. The van der Waals surface area contributed by atoms with Gasteiger partial charge in [0.2, 0.25) is 12.3 Å². The molecule has 5 heteroatoms. The predicted octanol–water partition coefficient (Wildman–Crippen LogP) is 1.32. The third-order valence-electron chi connectivity index (χ3n) is 3.58. The Labute approximate surface area is 118 Å². The number of ether oxygens (including phenoxy) is 1. The Morgan fingerprint density at radius 2 is 2.10 bits per heavy atom. The molecule has 2 rings (SSSR count). The zero-order valence-corrected chi connectivity index (χ0v) is 11.7. The highest BCUT2D eigenvalue weighted by molar-refractivity contribution is 5.83. The van der Waals surface area contributed by atoms with Crippen LogP contribution in [0.4, 0.5) is 0 Å². The highest BCUT2D eigenvalue weighted by Gasteiger charge is 2.26. The molecule has 0 radical (unpaired) electrons. The van der Waals surface area contributed by atoms with E-state index in [4.69, 9.17) is 4.74 Å². The number of nitrogens with one attached hydrogen (secondary N) is 1. The summed E-state index contributed by atoms with van der Waals surface area (Å²) in [5.74, 6) is 0.807. The van der Waals surface area contributed by atoms with Crippen LogP contribution >= 0.6 is 0 Å². The van der Waals surface area contributed by atoms with E-state index in [9.17, 15) is 9.59 Å². The molecule has 0 spiro atoms. The molecule has 0 bridgehead atoms. The van der Waals surface area contributed by atoms with Crippen LogP contribution in [0.5, 0.6) is 5.75 Å². The average molecular weight is 276 g/mol. The zero-order chi connectivity index (χ0) is 14.4. The third-order valence-corrected chi connectivity index (χ3v) is 3.58. The lowest BCUT2D eigenvalue weighted by Gasteiger charge is -2.24. The van der Waals surface area contributed by atoms with Crippen molar-refractivity contribution in [3.05, 3.63) is 29.8 Å². The molecule has 0 unspecified atom stereocenters. The number of methoxy groups -OCH3 is 1. The second-order valence-electron chi connectivity index (χ2n) is 4.94. The van der Waals surface area contributed by atoms with Gasteiger partial charge in [-0.1, -0.05) is 12.1 Å². The summed E-state index contributed by atoms with van der Waals surface area (Å²) < 4.78 is 5.12. The molecule has 1 aliphatic rings. The minimum absolute atomic E-state index is 0.00502. The highest BCUT2D eigenvalue weighted by Crippen LogP contribution is 2.17. The monoisotopic (exact) mass is 276 g/mol. The fourth-order valence-electron chi connectivity index (χ4n) is 2.45. The number of nitrogens with zero attached hydrogens (tertiary/aromatic N) is 1. The number of likely N-dealkylation sites (tertiary alicyclic amines) is 1. The van der Waals surface area contributed by atoms with Crippen LogP contribution in [0.2, 0.25) is 0 Å². The molecular formula is C15H20N2O3. The van der Waals surface area contributed by atoms with E-state index in [1.54, 1.807) is 7.11 Å². The van der Waals surface area contributed by atoms with Gasteiger partial charge in [0, 0.05) is 13.1 Å². The van der Waals surface area contributed by atoms with Crippen LogP contribution in [0.3, 0.4) is 0 Å². The Hall–Kier alpha value is -2.04. The Kier molecular flexibility index (Phi) is 4.98. The van der Waals surface area contributed by atoms with Gasteiger partial charge in [-0.15, -0.1) is 0 Å². The van der Waals surface area contributed by atoms with Crippen LogP contribution in [0.15, 0.2) is 24.3 Å². The van der Waals surface area contributed by atoms with Crippen LogP contribution < -0.4 is 10.1 Å². The Morgan fingerprint density at radius 1 is 1.35 bits per heavy atom. The van der Waals surface area contributed by atoms with Crippen molar-refractivity contribution in [3.8, 4) is 5.75 Å². The first-order valence-corrected chi connectivity index (χ1v) is 6.86. The molecule has 0 saturated carbocycles. The van der Waals surface area contributed by atoms with Gasteiger partial charge < -0.3 is 15.0 Å². The van der Waals surface area contributed by atoms with Gasteiger partial charge >= 0.3 is 0 Å². The zero-order valence-electron chi connectivity index (χ0n) is 11.7. The molecule has 1 aromatic rings. The van der Waals surface area contributed by atoms with E-state index < -0.39 is 0 Å². The lowest BCUT2D eigenvalue weighted by Crippen LogP contribution is -2.44. The largest absolute Gasteiger partial charge is 0.497 e. The van der Waals surface area contributed by atoms with Crippen molar-refractivity contribution in [3.63, 3.8) is 0 Å². The number of hydrogen-bond donors (Lipinski definition) is 1. The van der Waals surface area contributed by atoms with Gasteiger partial charge in [-0.05, 0) is 37.0 Å². The molecule has 1 fully saturated rings. The lowest BCUT2D eigenvalue weighted by molar-refractivity contribution is -0.134. The third kappa shape index (κ3) is 3.50. The summed E-state index contributed by atoms with van der Waals surface area (Å²) in [7, 11) is 1.63. The number of amides is 2. The van der Waals surface area contributed by atoms with E-state index in [1.165, 1.54) is 0 Å². The fraction of sp³-hybridized carbons (Fsp3) is 0.467. The normalized spacial score (nSPS) is 19.4. The van der Waals surface area contributed by atoms with E-state index in [0.29, 0.717) is 13.0 Å². The minimum atomic E-state index is -0.381. The quantitative estimate of drug-likeness (QED) is 0.825. The molecule has 0 aliphatic carbocycles. The predicted molar refractivity (Wildman–Crippen MR) is 75.2 cm³/mol. The van der Waals surface area contributed by atoms with Gasteiger partial charge in [0.25, 0.3) is 0 Å².